The molecule has 1 aromatic carbocycles. The summed E-state index contributed by atoms with van der Waals surface area (Å²) in [7, 11) is 0. The molecule has 0 spiro atoms. The molecule has 2 aromatic heterocycles. The Kier molecular flexibility index (Phi) is 5.28. The molecule has 1 saturated carbocycles. The number of carbonyl (C=O) groups is 1. The van der Waals surface area contributed by atoms with Gasteiger partial charge in [0.05, 0.1) is 23.8 Å². The molecule has 0 radical (unpaired) electrons. The molecule has 1 fully saturated rings. The first-order chi connectivity index (χ1) is 13.6. The number of carbonyl (C=O) groups excluding carboxylic acids is 1. The first-order valence-corrected chi connectivity index (χ1v) is 10.0. The Labute approximate surface area is 165 Å². The molecule has 0 unspecified atom stereocenters. The van der Waals surface area contributed by atoms with Gasteiger partial charge in [-0.1, -0.05) is 18.2 Å². The minimum absolute atomic E-state index is 0.0846. The highest BCUT2D eigenvalue weighted by molar-refractivity contribution is 5.79. The van der Waals surface area contributed by atoms with Gasteiger partial charge in [-0.2, -0.15) is 10.2 Å². The maximum atomic E-state index is 12.7. The maximum Gasteiger partial charge on any atom is 0.224 e. The molecule has 28 heavy (non-hydrogen) atoms. The van der Waals surface area contributed by atoms with Crippen LogP contribution in [0.3, 0.4) is 0 Å². The Balaban J connectivity index is 1.36. The molecule has 1 N–H and O–H groups in total. The first-order valence-electron chi connectivity index (χ1n) is 10.0. The van der Waals surface area contributed by atoms with E-state index >= 15 is 0 Å². The number of amides is 1. The fraction of sp³-hybridized carbons (Fsp3) is 0.409. The molecule has 3 aromatic rings. The lowest BCUT2D eigenvalue weighted by molar-refractivity contribution is -0.121. The zero-order chi connectivity index (χ0) is 19.5. The van der Waals surface area contributed by atoms with Gasteiger partial charge in [-0.15, -0.1) is 0 Å². The fourth-order valence-electron chi connectivity index (χ4n) is 4.17. The van der Waals surface area contributed by atoms with Crippen molar-refractivity contribution in [3.63, 3.8) is 0 Å². The number of nitrogens with one attached hydrogen (secondary N) is 1. The summed E-state index contributed by atoms with van der Waals surface area (Å²) in [5.74, 6) is 0.0846. The highest BCUT2D eigenvalue weighted by atomic mass is 16.1. The van der Waals surface area contributed by atoms with Crippen molar-refractivity contribution in [2.75, 3.05) is 0 Å². The van der Waals surface area contributed by atoms with Crippen molar-refractivity contribution in [1.82, 2.24) is 24.9 Å². The monoisotopic (exact) mass is 377 g/mol. The average molecular weight is 377 g/mol. The van der Waals surface area contributed by atoms with Gasteiger partial charge in [-0.25, -0.2) is 4.68 Å². The molecule has 6 nitrogen and oxygen atoms in total. The lowest BCUT2D eigenvalue weighted by atomic mass is 9.91. The van der Waals surface area contributed by atoms with Crippen LogP contribution >= 0.6 is 0 Å². The number of benzene rings is 1. The molecule has 1 aliphatic carbocycles. The van der Waals surface area contributed by atoms with E-state index < -0.39 is 0 Å². The second kappa shape index (κ2) is 8.00. The van der Waals surface area contributed by atoms with Gasteiger partial charge in [0.25, 0.3) is 0 Å². The van der Waals surface area contributed by atoms with Gasteiger partial charge >= 0.3 is 0 Å². The van der Waals surface area contributed by atoms with Crippen LogP contribution in [0.4, 0.5) is 0 Å². The molecular formula is C22H27N5O. The van der Waals surface area contributed by atoms with E-state index in [-0.39, 0.29) is 11.9 Å². The number of nitrogens with zero attached hydrogens (tertiary/aromatic N) is 4. The Morgan fingerprint density at radius 3 is 2.54 bits per heavy atom. The summed E-state index contributed by atoms with van der Waals surface area (Å²) in [6.45, 7) is 4.01. The zero-order valence-electron chi connectivity index (χ0n) is 16.5. The predicted molar refractivity (Wildman–Crippen MR) is 108 cm³/mol. The number of aryl methyl sites for hydroxylation is 1. The van der Waals surface area contributed by atoms with Crippen molar-refractivity contribution in [2.45, 2.75) is 58.0 Å². The summed E-state index contributed by atoms with van der Waals surface area (Å²) in [4.78, 5) is 12.7. The summed E-state index contributed by atoms with van der Waals surface area (Å²) in [5.41, 5.74) is 3.98. The zero-order valence-corrected chi connectivity index (χ0v) is 16.5. The van der Waals surface area contributed by atoms with Crippen molar-refractivity contribution >= 4 is 5.91 Å². The van der Waals surface area contributed by atoms with E-state index in [4.69, 9.17) is 0 Å². The van der Waals surface area contributed by atoms with Crippen LogP contribution in [0.25, 0.3) is 5.69 Å². The van der Waals surface area contributed by atoms with Crippen LogP contribution in [-0.2, 0) is 11.2 Å². The normalized spacial score (nSPS) is 19.5. The van der Waals surface area contributed by atoms with Crippen molar-refractivity contribution in [1.29, 1.82) is 0 Å². The maximum absolute atomic E-state index is 12.7. The number of hydrogen-bond acceptors (Lipinski definition) is 3. The molecular weight excluding hydrogens is 350 g/mol. The molecule has 1 amide bonds. The Hall–Kier alpha value is -2.89. The smallest absolute Gasteiger partial charge is 0.224 e. The highest BCUT2D eigenvalue weighted by Gasteiger charge is 2.24. The second-order valence-electron chi connectivity index (χ2n) is 7.63. The summed E-state index contributed by atoms with van der Waals surface area (Å²) in [6.07, 6.45) is 8.33. The molecule has 146 valence electrons. The quantitative estimate of drug-likeness (QED) is 0.740. The summed E-state index contributed by atoms with van der Waals surface area (Å²) in [5, 5.41) is 12.2. The second-order valence-corrected chi connectivity index (χ2v) is 7.63. The van der Waals surface area contributed by atoms with Crippen LogP contribution in [-0.4, -0.2) is 31.5 Å². The van der Waals surface area contributed by atoms with Gasteiger partial charge in [0, 0.05) is 29.7 Å². The predicted octanol–water partition coefficient (Wildman–Crippen LogP) is 3.53. The SMILES string of the molecule is Cc1nn(-c2ccccc2)c(C)c1CC(=O)NC1CCC(n2cccn2)CC1. The molecule has 4 rings (SSSR count). The van der Waals surface area contributed by atoms with Crippen LogP contribution in [0.5, 0.6) is 0 Å². The van der Waals surface area contributed by atoms with Gasteiger partial charge in [0.1, 0.15) is 0 Å². The topological polar surface area (TPSA) is 64.7 Å². The van der Waals surface area contributed by atoms with Crippen LogP contribution in [0.15, 0.2) is 48.8 Å². The summed E-state index contributed by atoms with van der Waals surface area (Å²) in [6, 6.07) is 12.7. The molecule has 1 aliphatic rings. The van der Waals surface area contributed by atoms with Crippen LogP contribution < -0.4 is 5.32 Å². The molecule has 0 saturated heterocycles. The van der Waals surface area contributed by atoms with Gasteiger partial charge in [-0.05, 0) is 57.7 Å². The van der Waals surface area contributed by atoms with Crippen molar-refractivity contribution in [2.24, 2.45) is 0 Å². The number of rotatable bonds is 5. The average Bonchev–Trinajstić information content (AvgIpc) is 3.34. The van der Waals surface area contributed by atoms with Gasteiger partial charge in [0.2, 0.25) is 5.91 Å². The third-order valence-electron chi connectivity index (χ3n) is 5.74. The van der Waals surface area contributed by atoms with Crippen molar-refractivity contribution in [3.8, 4) is 5.69 Å². The summed E-state index contributed by atoms with van der Waals surface area (Å²) < 4.78 is 3.97. The van der Waals surface area contributed by atoms with Gasteiger partial charge < -0.3 is 5.32 Å². The van der Waals surface area contributed by atoms with Crippen molar-refractivity contribution in [3.05, 3.63) is 65.7 Å². The first kappa shape index (κ1) is 18.5. The third-order valence-corrected chi connectivity index (χ3v) is 5.74. The van der Waals surface area contributed by atoms with Gasteiger partial charge in [-0.3, -0.25) is 9.48 Å². The largest absolute Gasteiger partial charge is 0.353 e. The van der Waals surface area contributed by atoms with E-state index in [9.17, 15) is 4.79 Å². The Morgan fingerprint density at radius 1 is 1.11 bits per heavy atom. The van der Waals surface area contributed by atoms with E-state index in [1.165, 1.54) is 0 Å². The molecule has 0 atom stereocenters. The minimum Gasteiger partial charge on any atom is -0.353 e. The third kappa shape index (κ3) is 3.86. The van der Waals surface area contributed by atoms with Gasteiger partial charge in [0.15, 0.2) is 0 Å². The standard InChI is InChI=1S/C22H27N5O/c1-16-21(17(2)27(25-16)20-7-4-3-5-8-20)15-22(28)24-18-9-11-19(12-10-18)26-14-6-13-23-26/h3-8,13-14,18-19H,9-12,15H2,1-2H3,(H,24,28). The number of para-hydroxylation sites is 1. The molecule has 0 bridgehead atoms. The lowest BCUT2D eigenvalue weighted by Gasteiger charge is -2.29. The Morgan fingerprint density at radius 2 is 1.86 bits per heavy atom. The highest BCUT2D eigenvalue weighted by Crippen LogP contribution is 2.28. The van der Waals surface area contributed by atoms with E-state index in [1.807, 2.05) is 72.0 Å². The molecule has 6 heteroatoms. The van der Waals surface area contributed by atoms with Crippen LogP contribution in [0, 0.1) is 13.8 Å². The van der Waals surface area contributed by atoms with E-state index in [0.29, 0.717) is 12.5 Å². The Bertz CT molecular complexity index is 922. The van der Waals surface area contributed by atoms with Crippen molar-refractivity contribution < 1.29 is 4.79 Å². The summed E-state index contributed by atoms with van der Waals surface area (Å²) >= 11 is 0. The molecule has 2 heterocycles. The molecule has 0 aliphatic heterocycles. The number of aromatic nitrogens is 4. The lowest BCUT2D eigenvalue weighted by Crippen LogP contribution is -2.39. The number of hydrogen-bond donors (Lipinski definition) is 1. The van der Waals surface area contributed by atoms with E-state index in [1.54, 1.807) is 0 Å². The van der Waals surface area contributed by atoms with E-state index in [0.717, 1.165) is 48.3 Å². The fourth-order valence-corrected chi connectivity index (χ4v) is 4.17. The van der Waals surface area contributed by atoms with Crippen LogP contribution in [0.1, 0.15) is 48.7 Å². The van der Waals surface area contributed by atoms with Crippen LogP contribution in [0.2, 0.25) is 0 Å². The van der Waals surface area contributed by atoms with E-state index in [2.05, 4.69) is 15.5 Å². The minimum atomic E-state index is 0.0846.